The number of nitrogens with zero attached hydrogens (tertiary/aromatic N) is 4. The number of aryl methyl sites for hydroxylation is 2. The van der Waals surface area contributed by atoms with Crippen molar-refractivity contribution in [1.29, 1.82) is 0 Å². The standard InChI is InChI=1S/C20H20N4O3S/c1-13-7-8-17-18(14(13)2)21-20(28-17)23-11-9-22(10-12-23)19(25)15-5-3-4-6-16(15)24(26)27/h3-8H,9-12H2,1-2H3. The van der Waals surface area contributed by atoms with E-state index < -0.39 is 4.92 Å². The molecule has 2 heterocycles. The second kappa shape index (κ2) is 7.20. The van der Waals surface area contributed by atoms with Gasteiger partial charge in [-0.05, 0) is 37.1 Å². The monoisotopic (exact) mass is 396 g/mol. The maximum atomic E-state index is 12.8. The third kappa shape index (κ3) is 3.20. The molecule has 2 aromatic carbocycles. The predicted octanol–water partition coefficient (Wildman–Crippen LogP) is 3.78. The Morgan fingerprint density at radius 3 is 2.54 bits per heavy atom. The largest absolute Gasteiger partial charge is 0.345 e. The maximum absolute atomic E-state index is 12.8. The number of carbonyl (C=O) groups is 1. The zero-order valence-corrected chi connectivity index (χ0v) is 16.5. The van der Waals surface area contributed by atoms with Crippen molar-refractivity contribution in [2.45, 2.75) is 13.8 Å². The lowest BCUT2D eigenvalue weighted by atomic mass is 10.1. The summed E-state index contributed by atoms with van der Waals surface area (Å²) in [7, 11) is 0. The number of fused-ring (bicyclic) bond motifs is 1. The minimum absolute atomic E-state index is 0.145. The molecule has 1 fully saturated rings. The van der Waals surface area contributed by atoms with E-state index in [1.807, 2.05) is 0 Å². The molecule has 4 rings (SSSR count). The molecule has 1 saturated heterocycles. The van der Waals surface area contributed by atoms with E-state index in [2.05, 4.69) is 30.9 Å². The normalized spacial score (nSPS) is 14.5. The summed E-state index contributed by atoms with van der Waals surface area (Å²) >= 11 is 1.66. The predicted molar refractivity (Wildman–Crippen MR) is 110 cm³/mol. The molecule has 1 aliphatic heterocycles. The van der Waals surface area contributed by atoms with Gasteiger partial charge in [0.25, 0.3) is 11.6 Å². The molecule has 144 valence electrons. The Morgan fingerprint density at radius 1 is 1.11 bits per heavy atom. The van der Waals surface area contributed by atoms with Gasteiger partial charge >= 0.3 is 0 Å². The smallest absolute Gasteiger partial charge is 0.282 e. The van der Waals surface area contributed by atoms with Gasteiger partial charge in [-0.2, -0.15) is 0 Å². The highest BCUT2D eigenvalue weighted by atomic mass is 32.1. The number of nitro groups is 1. The number of para-hydroxylation sites is 1. The third-order valence-electron chi connectivity index (χ3n) is 5.24. The molecule has 0 N–H and O–H groups in total. The van der Waals surface area contributed by atoms with Gasteiger partial charge < -0.3 is 9.80 Å². The quantitative estimate of drug-likeness (QED) is 0.497. The SMILES string of the molecule is Cc1ccc2sc(N3CCN(C(=O)c4ccccc4[N+](=O)[O-])CC3)nc2c1C. The Morgan fingerprint density at radius 2 is 1.82 bits per heavy atom. The molecule has 0 unspecified atom stereocenters. The lowest BCUT2D eigenvalue weighted by Crippen LogP contribution is -2.48. The fraction of sp³-hybridized carbons (Fsp3) is 0.300. The molecular weight excluding hydrogens is 376 g/mol. The summed E-state index contributed by atoms with van der Waals surface area (Å²) in [6.07, 6.45) is 0. The first-order valence-corrected chi connectivity index (χ1v) is 9.91. The Bertz CT molecular complexity index is 1070. The van der Waals surface area contributed by atoms with Gasteiger partial charge in [0.05, 0.1) is 15.1 Å². The Balaban J connectivity index is 1.50. The van der Waals surface area contributed by atoms with Crippen LogP contribution in [-0.4, -0.2) is 46.9 Å². The summed E-state index contributed by atoms with van der Waals surface area (Å²) in [5.74, 6) is -0.289. The lowest BCUT2D eigenvalue weighted by Gasteiger charge is -2.34. The van der Waals surface area contributed by atoms with Crippen molar-refractivity contribution in [2.75, 3.05) is 31.1 Å². The minimum atomic E-state index is -0.505. The summed E-state index contributed by atoms with van der Waals surface area (Å²) in [5.41, 5.74) is 3.46. The van der Waals surface area contributed by atoms with Crippen molar-refractivity contribution >= 4 is 38.3 Å². The fourth-order valence-corrected chi connectivity index (χ4v) is 4.51. The van der Waals surface area contributed by atoms with Gasteiger partial charge in [-0.25, -0.2) is 4.98 Å². The molecule has 7 nitrogen and oxygen atoms in total. The number of carbonyl (C=O) groups excluding carboxylic acids is 1. The van der Waals surface area contributed by atoms with Crippen LogP contribution in [0.1, 0.15) is 21.5 Å². The number of aromatic nitrogens is 1. The summed E-state index contributed by atoms with van der Waals surface area (Å²) in [6, 6.07) is 10.3. The molecule has 0 saturated carbocycles. The van der Waals surface area contributed by atoms with E-state index in [4.69, 9.17) is 4.98 Å². The molecule has 0 atom stereocenters. The van der Waals surface area contributed by atoms with Crippen LogP contribution in [0.2, 0.25) is 0 Å². The number of anilines is 1. The number of rotatable bonds is 3. The van der Waals surface area contributed by atoms with Crippen LogP contribution >= 0.6 is 11.3 Å². The van der Waals surface area contributed by atoms with Gasteiger partial charge in [-0.15, -0.1) is 0 Å². The molecule has 0 spiro atoms. The number of amides is 1. The molecule has 0 bridgehead atoms. The van der Waals surface area contributed by atoms with E-state index in [1.54, 1.807) is 28.4 Å². The molecule has 8 heteroatoms. The van der Waals surface area contributed by atoms with E-state index in [0.717, 1.165) is 15.3 Å². The van der Waals surface area contributed by atoms with Crippen molar-refractivity contribution < 1.29 is 9.72 Å². The van der Waals surface area contributed by atoms with Gasteiger partial charge in [-0.3, -0.25) is 14.9 Å². The van der Waals surface area contributed by atoms with Gasteiger partial charge in [0, 0.05) is 32.2 Å². The van der Waals surface area contributed by atoms with Crippen LogP contribution in [0.15, 0.2) is 36.4 Å². The molecule has 1 aliphatic rings. The number of benzene rings is 2. The number of nitro benzene ring substituents is 1. The van der Waals surface area contributed by atoms with Gasteiger partial charge in [-0.1, -0.05) is 29.5 Å². The van der Waals surface area contributed by atoms with Crippen molar-refractivity contribution in [2.24, 2.45) is 0 Å². The van der Waals surface area contributed by atoms with E-state index in [1.165, 1.54) is 23.3 Å². The average molecular weight is 396 g/mol. The first kappa shape index (κ1) is 18.4. The van der Waals surface area contributed by atoms with Crippen LogP contribution in [-0.2, 0) is 0 Å². The minimum Gasteiger partial charge on any atom is -0.345 e. The second-order valence-electron chi connectivity index (χ2n) is 6.90. The zero-order chi connectivity index (χ0) is 19.8. The maximum Gasteiger partial charge on any atom is 0.282 e. The molecule has 1 aromatic heterocycles. The van der Waals surface area contributed by atoms with E-state index in [0.29, 0.717) is 26.2 Å². The van der Waals surface area contributed by atoms with Crippen LogP contribution in [0.4, 0.5) is 10.8 Å². The first-order valence-electron chi connectivity index (χ1n) is 9.10. The number of piperazine rings is 1. The summed E-state index contributed by atoms with van der Waals surface area (Å²) < 4.78 is 1.16. The van der Waals surface area contributed by atoms with Crippen LogP contribution in [0.3, 0.4) is 0 Å². The van der Waals surface area contributed by atoms with Gasteiger partial charge in [0.2, 0.25) is 0 Å². The molecule has 0 aliphatic carbocycles. The van der Waals surface area contributed by atoms with Crippen molar-refractivity contribution in [3.05, 3.63) is 63.2 Å². The molecule has 1 amide bonds. The van der Waals surface area contributed by atoms with Gasteiger partial charge in [0.1, 0.15) is 5.56 Å². The molecule has 3 aromatic rings. The van der Waals surface area contributed by atoms with Crippen LogP contribution < -0.4 is 4.90 Å². The van der Waals surface area contributed by atoms with Crippen LogP contribution in [0.25, 0.3) is 10.2 Å². The lowest BCUT2D eigenvalue weighted by molar-refractivity contribution is -0.385. The highest BCUT2D eigenvalue weighted by Crippen LogP contribution is 2.32. The van der Waals surface area contributed by atoms with Crippen molar-refractivity contribution in [1.82, 2.24) is 9.88 Å². The highest BCUT2D eigenvalue weighted by Gasteiger charge is 2.28. The van der Waals surface area contributed by atoms with Crippen LogP contribution in [0, 0.1) is 24.0 Å². The summed E-state index contributed by atoms with van der Waals surface area (Å²) in [6.45, 7) is 6.51. The van der Waals surface area contributed by atoms with Crippen molar-refractivity contribution in [3.63, 3.8) is 0 Å². The number of thiazole rings is 1. The average Bonchev–Trinajstić information content (AvgIpc) is 3.15. The Labute approximate surface area is 166 Å². The number of hydrogen-bond donors (Lipinski definition) is 0. The summed E-state index contributed by atoms with van der Waals surface area (Å²) in [4.78, 5) is 32.2. The Kier molecular flexibility index (Phi) is 4.72. The van der Waals surface area contributed by atoms with E-state index in [-0.39, 0.29) is 17.2 Å². The second-order valence-corrected chi connectivity index (χ2v) is 7.91. The molecule has 28 heavy (non-hydrogen) atoms. The van der Waals surface area contributed by atoms with E-state index in [9.17, 15) is 14.9 Å². The first-order chi connectivity index (χ1) is 13.5. The fourth-order valence-electron chi connectivity index (χ4n) is 3.43. The van der Waals surface area contributed by atoms with Crippen molar-refractivity contribution in [3.8, 4) is 0 Å². The molecular formula is C20H20N4O3S. The topological polar surface area (TPSA) is 79.6 Å². The highest BCUT2D eigenvalue weighted by molar-refractivity contribution is 7.22. The zero-order valence-electron chi connectivity index (χ0n) is 15.7. The van der Waals surface area contributed by atoms with Gasteiger partial charge in [0.15, 0.2) is 5.13 Å². The van der Waals surface area contributed by atoms with E-state index >= 15 is 0 Å². The number of hydrogen-bond acceptors (Lipinski definition) is 6. The third-order valence-corrected chi connectivity index (χ3v) is 6.32. The Hall–Kier alpha value is -3.00. The summed E-state index contributed by atoms with van der Waals surface area (Å²) in [5, 5.41) is 12.2. The molecule has 0 radical (unpaired) electrons. The van der Waals surface area contributed by atoms with Crippen LogP contribution in [0.5, 0.6) is 0 Å².